The van der Waals surface area contributed by atoms with Gasteiger partial charge in [0.2, 0.25) is 0 Å². The highest BCUT2D eigenvalue weighted by Crippen LogP contribution is 2.60. The summed E-state index contributed by atoms with van der Waals surface area (Å²) in [5.41, 5.74) is -0.323. The van der Waals surface area contributed by atoms with Crippen LogP contribution in [0.4, 0.5) is 20.2 Å². The number of hydrogen-bond acceptors (Lipinski definition) is 4. The van der Waals surface area contributed by atoms with Crippen LogP contribution in [-0.4, -0.2) is 22.9 Å². The van der Waals surface area contributed by atoms with Gasteiger partial charge in [-0.1, -0.05) is 18.5 Å². The number of halogens is 3. The van der Waals surface area contributed by atoms with Gasteiger partial charge in [0.1, 0.15) is 0 Å². The van der Waals surface area contributed by atoms with Crippen LogP contribution < -0.4 is 10.6 Å². The summed E-state index contributed by atoms with van der Waals surface area (Å²) in [5, 5.41) is 17.7. The zero-order valence-corrected chi connectivity index (χ0v) is 17.5. The molecule has 3 unspecified atom stereocenters. The fourth-order valence-corrected chi connectivity index (χ4v) is 5.09. The Balaban J connectivity index is 1.38. The summed E-state index contributed by atoms with van der Waals surface area (Å²) in [4.78, 5) is 23.0. The Morgan fingerprint density at radius 2 is 1.84 bits per heavy atom. The first-order valence-corrected chi connectivity index (χ1v) is 10.6. The van der Waals surface area contributed by atoms with Crippen LogP contribution in [0.5, 0.6) is 0 Å². The predicted octanol–water partition coefficient (Wildman–Crippen LogP) is 5.17. The Kier molecular flexibility index (Phi) is 5.83. The van der Waals surface area contributed by atoms with Gasteiger partial charge < -0.3 is 10.6 Å². The van der Waals surface area contributed by atoms with E-state index in [1.54, 1.807) is 24.3 Å². The van der Waals surface area contributed by atoms with E-state index >= 15 is 0 Å². The van der Waals surface area contributed by atoms with Crippen LogP contribution in [0.1, 0.15) is 36.5 Å². The molecule has 2 aliphatic rings. The van der Waals surface area contributed by atoms with Gasteiger partial charge in [-0.2, -0.15) is 0 Å². The summed E-state index contributed by atoms with van der Waals surface area (Å²) in [6.45, 7) is 2.02. The normalized spacial score (nSPS) is 24.9. The molecule has 2 N–H and O–H groups in total. The van der Waals surface area contributed by atoms with Crippen molar-refractivity contribution in [3.8, 4) is 0 Å². The van der Waals surface area contributed by atoms with Crippen LogP contribution >= 0.6 is 11.6 Å². The molecule has 2 aromatic rings. The molecule has 0 aromatic heterocycles. The number of benzene rings is 2. The van der Waals surface area contributed by atoms with E-state index < -0.39 is 27.9 Å². The van der Waals surface area contributed by atoms with Gasteiger partial charge in [0, 0.05) is 28.7 Å². The third-order valence-corrected chi connectivity index (χ3v) is 6.71. The Morgan fingerprint density at radius 1 is 1.19 bits per heavy atom. The highest BCUT2D eigenvalue weighted by molar-refractivity contribution is 6.30. The number of amides is 1. The Morgan fingerprint density at radius 3 is 2.42 bits per heavy atom. The van der Waals surface area contributed by atoms with Crippen LogP contribution in [0, 0.1) is 39.5 Å². The van der Waals surface area contributed by atoms with Crippen molar-refractivity contribution in [2.75, 3.05) is 5.32 Å². The van der Waals surface area contributed by atoms with E-state index in [0.717, 1.165) is 18.6 Å². The molecule has 31 heavy (non-hydrogen) atoms. The van der Waals surface area contributed by atoms with Crippen molar-refractivity contribution in [1.82, 2.24) is 5.32 Å². The first-order valence-electron chi connectivity index (χ1n) is 10.3. The molecule has 164 valence electrons. The molecule has 0 aliphatic heterocycles. The van der Waals surface area contributed by atoms with Gasteiger partial charge >= 0.3 is 0 Å². The van der Waals surface area contributed by atoms with Crippen molar-refractivity contribution < 1.29 is 18.5 Å². The molecule has 0 radical (unpaired) electrons. The summed E-state index contributed by atoms with van der Waals surface area (Å²) in [6.07, 6.45) is 2.16. The van der Waals surface area contributed by atoms with E-state index in [-0.39, 0.29) is 18.0 Å². The summed E-state index contributed by atoms with van der Waals surface area (Å²) in [6, 6.07) is 8.27. The molecule has 0 heterocycles. The molecule has 2 saturated carbocycles. The lowest BCUT2D eigenvalue weighted by Gasteiger charge is -2.23. The standard InChI is InChI=1S/C22H22ClF2N3O3/c1-2-17(27-22(29)11-3-5-12(23)6-4-11)19-14-9-13(10-15(14)19)26-21-18(28(30)31)8-7-16(24)20(21)25/h3-8,13-15,17,19,26H,2,9-10H2,1H3,(H,27,29). The fourth-order valence-electron chi connectivity index (χ4n) is 4.96. The molecule has 0 spiro atoms. The molecule has 1 amide bonds. The van der Waals surface area contributed by atoms with Crippen LogP contribution in [-0.2, 0) is 0 Å². The summed E-state index contributed by atoms with van der Waals surface area (Å²) < 4.78 is 27.8. The zero-order chi connectivity index (χ0) is 22.3. The number of nitrogens with zero attached hydrogens (tertiary/aromatic N) is 1. The number of nitrogens with one attached hydrogen (secondary N) is 2. The van der Waals surface area contributed by atoms with Crippen LogP contribution in [0.15, 0.2) is 36.4 Å². The van der Waals surface area contributed by atoms with Gasteiger partial charge in [0.15, 0.2) is 17.3 Å². The molecule has 2 fully saturated rings. The van der Waals surface area contributed by atoms with Gasteiger partial charge in [-0.25, -0.2) is 8.78 Å². The van der Waals surface area contributed by atoms with Crippen molar-refractivity contribution in [1.29, 1.82) is 0 Å². The average molecular weight is 450 g/mol. The van der Waals surface area contributed by atoms with Crippen molar-refractivity contribution >= 4 is 28.9 Å². The van der Waals surface area contributed by atoms with Gasteiger partial charge in [0.25, 0.3) is 11.6 Å². The lowest BCUT2D eigenvalue weighted by molar-refractivity contribution is -0.384. The fraction of sp³-hybridized carbons (Fsp3) is 0.409. The third-order valence-electron chi connectivity index (χ3n) is 6.46. The van der Waals surface area contributed by atoms with Crippen LogP contribution in [0.25, 0.3) is 0 Å². The average Bonchev–Trinajstić information content (AvgIpc) is 3.23. The molecule has 0 bridgehead atoms. The minimum absolute atomic E-state index is 0.0133. The maximum Gasteiger partial charge on any atom is 0.295 e. The SMILES string of the molecule is CCC(NC(=O)c1ccc(Cl)cc1)C1C2CC(Nc3c([N+](=O)[O-])ccc(F)c3F)CC21. The largest absolute Gasteiger partial charge is 0.374 e. The second kappa shape index (κ2) is 8.42. The summed E-state index contributed by atoms with van der Waals surface area (Å²) >= 11 is 5.87. The highest BCUT2D eigenvalue weighted by Gasteiger charge is 2.58. The number of carbonyl (C=O) groups is 1. The number of carbonyl (C=O) groups excluding carboxylic acids is 1. The van der Waals surface area contributed by atoms with E-state index in [1.807, 2.05) is 6.92 Å². The molecule has 9 heteroatoms. The number of anilines is 1. The molecule has 2 aromatic carbocycles. The lowest BCUT2D eigenvalue weighted by Crippen LogP contribution is -2.38. The van der Waals surface area contributed by atoms with Crippen LogP contribution in [0.2, 0.25) is 5.02 Å². The zero-order valence-electron chi connectivity index (χ0n) is 16.8. The molecule has 0 saturated heterocycles. The molecular formula is C22H22ClF2N3O3. The smallest absolute Gasteiger partial charge is 0.295 e. The van der Waals surface area contributed by atoms with Gasteiger partial charge in [0.05, 0.1) is 4.92 Å². The van der Waals surface area contributed by atoms with Gasteiger partial charge in [-0.15, -0.1) is 0 Å². The van der Waals surface area contributed by atoms with E-state index in [1.165, 1.54) is 0 Å². The molecule has 4 rings (SSSR count). The monoisotopic (exact) mass is 449 g/mol. The molecule has 6 nitrogen and oxygen atoms in total. The molecule has 2 aliphatic carbocycles. The van der Waals surface area contributed by atoms with E-state index in [0.29, 0.717) is 41.2 Å². The van der Waals surface area contributed by atoms with Gasteiger partial charge in [-0.05, 0) is 67.3 Å². The number of fused-ring (bicyclic) bond motifs is 1. The first kappa shape index (κ1) is 21.5. The van der Waals surface area contributed by atoms with Gasteiger partial charge in [-0.3, -0.25) is 14.9 Å². The Hall–Kier alpha value is -2.74. The maximum atomic E-state index is 14.2. The van der Waals surface area contributed by atoms with Crippen molar-refractivity contribution in [2.45, 2.75) is 38.3 Å². The lowest BCUT2D eigenvalue weighted by atomic mass is 9.98. The third kappa shape index (κ3) is 4.21. The van der Waals surface area contributed by atoms with E-state index in [9.17, 15) is 23.7 Å². The second-order valence-corrected chi connectivity index (χ2v) is 8.66. The van der Waals surface area contributed by atoms with Crippen molar-refractivity contribution in [3.63, 3.8) is 0 Å². The van der Waals surface area contributed by atoms with E-state index in [2.05, 4.69) is 10.6 Å². The predicted molar refractivity (Wildman–Crippen MR) is 113 cm³/mol. The summed E-state index contributed by atoms with van der Waals surface area (Å²) in [5.74, 6) is -1.52. The molecule has 3 atom stereocenters. The minimum atomic E-state index is -1.23. The topological polar surface area (TPSA) is 84.3 Å². The second-order valence-electron chi connectivity index (χ2n) is 8.23. The minimum Gasteiger partial charge on any atom is -0.374 e. The number of rotatable bonds is 7. The van der Waals surface area contributed by atoms with Crippen LogP contribution in [0.3, 0.4) is 0 Å². The highest BCUT2D eigenvalue weighted by atomic mass is 35.5. The quantitative estimate of drug-likeness (QED) is 0.451. The number of nitro groups is 1. The van der Waals surface area contributed by atoms with E-state index in [4.69, 9.17) is 11.6 Å². The maximum absolute atomic E-state index is 14.2. The number of hydrogen-bond donors (Lipinski definition) is 2. The number of nitro benzene ring substituents is 1. The van der Waals surface area contributed by atoms with Crippen molar-refractivity contribution in [2.24, 2.45) is 17.8 Å². The Bertz CT molecular complexity index is 1010. The Labute approximate surface area is 183 Å². The first-order chi connectivity index (χ1) is 14.8. The van der Waals surface area contributed by atoms with Crippen molar-refractivity contribution in [3.05, 3.63) is 68.7 Å². The molecular weight excluding hydrogens is 428 g/mol. The summed E-state index contributed by atoms with van der Waals surface area (Å²) in [7, 11) is 0.